The highest BCUT2D eigenvalue weighted by Crippen LogP contribution is 2.46. The Hall–Kier alpha value is -4.85. The molecule has 3 saturated carbocycles. The van der Waals surface area contributed by atoms with Gasteiger partial charge in [-0.05, 0) is 63.5 Å². The number of hydrogen-bond donors (Lipinski definition) is 1. The second-order valence-corrected chi connectivity index (χ2v) is 16.0. The zero-order valence-corrected chi connectivity index (χ0v) is 33.4. The van der Waals surface area contributed by atoms with Gasteiger partial charge in [-0.1, -0.05) is 156 Å². The van der Waals surface area contributed by atoms with E-state index in [2.05, 4.69) is 78.0 Å². The van der Waals surface area contributed by atoms with Crippen molar-refractivity contribution in [2.45, 2.75) is 88.2 Å². The lowest BCUT2D eigenvalue weighted by molar-refractivity contribution is 0.0443. The van der Waals surface area contributed by atoms with Gasteiger partial charge in [0.1, 0.15) is 11.5 Å². The van der Waals surface area contributed by atoms with Crippen molar-refractivity contribution in [3.63, 3.8) is 0 Å². The van der Waals surface area contributed by atoms with Gasteiger partial charge in [-0.2, -0.15) is 0 Å². The van der Waals surface area contributed by atoms with Gasteiger partial charge in [0.15, 0.2) is 0 Å². The van der Waals surface area contributed by atoms with Crippen LogP contribution in [0.15, 0.2) is 154 Å². The number of rotatable bonds is 11. The van der Waals surface area contributed by atoms with Gasteiger partial charge in [-0.15, -0.1) is 0 Å². The second kappa shape index (κ2) is 18.6. The largest absolute Gasteiger partial charge is 0.393 e. The molecule has 3 fully saturated rings. The summed E-state index contributed by atoms with van der Waals surface area (Å²) in [5, 5.41) is 15.2. The zero-order chi connectivity index (χ0) is 39.0. The van der Waals surface area contributed by atoms with Gasteiger partial charge in [0.05, 0.1) is 52.4 Å². The summed E-state index contributed by atoms with van der Waals surface area (Å²) in [6.07, 6.45) is 7.63. The van der Waals surface area contributed by atoms with Gasteiger partial charge in [0.2, 0.25) is 0 Å². The lowest BCUT2D eigenvalue weighted by atomic mass is 10.0. The molecule has 0 amide bonds. The molecule has 0 saturated heterocycles. The summed E-state index contributed by atoms with van der Waals surface area (Å²) < 4.78 is 12.3. The van der Waals surface area contributed by atoms with Crippen molar-refractivity contribution in [2.75, 3.05) is 0 Å². The Labute approximate surface area is 345 Å². The number of aromatic nitrogens is 1. The summed E-state index contributed by atoms with van der Waals surface area (Å²) in [6.45, 7) is 0.428. The Kier molecular flexibility index (Phi) is 12.7. The topological polar surface area (TPSA) is 80.2 Å². The fourth-order valence-electron chi connectivity index (χ4n) is 7.87. The van der Waals surface area contributed by atoms with Crippen molar-refractivity contribution in [1.29, 1.82) is 0 Å². The summed E-state index contributed by atoms with van der Waals surface area (Å²) in [7, 11) is 0. The number of aliphatic hydroxyl groups excluding tert-OH is 1. The quantitative estimate of drug-likeness (QED) is 0.132. The van der Waals surface area contributed by atoms with E-state index < -0.39 is 0 Å². The highest BCUT2D eigenvalue weighted by molar-refractivity contribution is 6.39. The van der Waals surface area contributed by atoms with Crippen LogP contribution in [0.5, 0.6) is 0 Å². The van der Waals surface area contributed by atoms with Gasteiger partial charge < -0.3 is 14.4 Å². The fourth-order valence-corrected chi connectivity index (χ4v) is 8.44. The Morgan fingerprint density at radius 2 is 1.07 bits per heavy atom. The molecule has 8 heteroatoms. The molecule has 1 heterocycles. The van der Waals surface area contributed by atoms with Crippen LogP contribution < -0.4 is 0 Å². The fraction of sp³-hybridized carbons (Fsp3) is 0.286. The smallest absolute Gasteiger partial charge is 0.145 e. The number of ether oxygens (including phenoxy) is 1. The highest BCUT2D eigenvalue weighted by Gasteiger charge is 2.34. The summed E-state index contributed by atoms with van der Waals surface area (Å²) >= 11 is 13.0. The lowest BCUT2D eigenvalue weighted by Gasteiger charge is -2.14. The highest BCUT2D eigenvalue weighted by atomic mass is 35.5. The average Bonchev–Trinajstić information content (AvgIpc) is 3.63. The minimum Gasteiger partial charge on any atom is -0.393 e. The average molecular weight is 797 g/mol. The molecule has 9 rings (SSSR count). The molecule has 6 nitrogen and oxygen atoms in total. The summed E-state index contributed by atoms with van der Waals surface area (Å²) in [5.74, 6) is 1.32. The van der Waals surface area contributed by atoms with Crippen LogP contribution in [-0.4, -0.2) is 46.0 Å². The number of benzene rings is 5. The van der Waals surface area contributed by atoms with E-state index in [4.69, 9.17) is 42.4 Å². The third kappa shape index (κ3) is 9.82. The van der Waals surface area contributed by atoms with Crippen molar-refractivity contribution < 1.29 is 14.4 Å². The maximum Gasteiger partial charge on any atom is 0.145 e. The van der Waals surface area contributed by atoms with E-state index in [1.54, 1.807) is 0 Å². The van der Waals surface area contributed by atoms with Crippen LogP contribution in [0.4, 0.5) is 0 Å². The molecule has 0 spiro atoms. The van der Waals surface area contributed by atoms with Crippen LogP contribution in [0.3, 0.4) is 0 Å². The van der Waals surface area contributed by atoms with E-state index in [-0.39, 0.29) is 24.3 Å². The number of nitrogens with zero attached hydrogens (tertiary/aromatic N) is 3. The normalized spacial score (nSPS) is 20.1. The molecular weight excluding hydrogens is 749 g/mol. The SMILES string of the molecule is Clc1cccc(Cl)c1-c1noc(C2CC2)c1COC1CC[C@@H](N=C(c2ccccc2)c2ccccc2)C1.O[C@H]1CC[C@@H](N=C(c2ccccc2)c2ccccc2)C1. The van der Waals surface area contributed by atoms with Crippen molar-refractivity contribution in [1.82, 2.24) is 5.16 Å². The number of halogens is 2. The Bertz CT molecular complexity index is 2170. The summed E-state index contributed by atoms with van der Waals surface area (Å²) in [5.41, 5.74) is 9.00. The first-order valence-corrected chi connectivity index (χ1v) is 20.9. The molecule has 6 aromatic rings. The molecular formula is C49H47Cl2N3O3. The predicted octanol–water partition coefficient (Wildman–Crippen LogP) is 11.9. The Morgan fingerprint density at radius 1 is 0.596 bits per heavy atom. The van der Waals surface area contributed by atoms with Crippen molar-refractivity contribution >= 4 is 34.6 Å². The maximum atomic E-state index is 9.68. The van der Waals surface area contributed by atoms with Crippen LogP contribution >= 0.6 is 23.2 Å². The van der Waals surface area contributed by atoms with Gasteiger partial charge in [-0.3, -0.25) is 9.98 Å². The first-order chi connectivity index (χ1) is 28.0. The van der Waals surface area contributed by atoms with Gasteiger partial charge in [0.25, 0.3) is 0 Å². The molecule has 3 aliphatic rings. The first-order valence-electron chi connectivity index (χ1n) is 20.1. The zero-order valence-electron chi connectivity index (χ0n) is 31.9. The number of aliphatic imine (C=N–C) groups is 2. The number of aliphatic hydroxyl groups is 1. The van der Waals surface area contributed by atoms with Gasteiger partial charge in [-0.25, -0.2) is 0 Å². The minimum absolute atomic E-state index is 0.123. The molecule has 290 valence electrons. The molecule has 0 aliphatic heterocycles. The van der Waals surface area contributed by atoms with Crippen molar-refractivity contribution in [2.24, 2.45) is 9.98 Å². The number of hydrogen-bond acceptors (Lipinski definition) is 6. The van der Waals surface area contributed by atoms with Crippen LogP contribution in [0.1, 0.15) is 90.9 Å². The minimum atomic E-state index is -0.184. The van der Waals surface area contributed by atoms with E-state index in [9.17, 15) is 5.11 Å². The molecule has 5 aromatic carbocycles. The van der Waals surface area contributed by atoms with Gasteiger partial charge >= 0.3 is 0 Å². The summed E-state index contributed by atoms with van der Waals surface area (Å²) in [6, 6.07) is 47.3. The van der Waals surface area contributed by atoms with E-state index in [0.29, 0.717) is 33.8 Å². The third-order valence-corrected chi connectivity index (χ3v) is 11.6. The van der Waals surface area contributed by atoms with Crippen molar-refractivity contribution in [3.8, 4) is 11.3 Å². The molecule has 1 unspecified atom stereocenters. The second-order valence-electron chi connectivity index (χ2n) is 15.2. The van der Waals surface area contributed by atoms with Crippen LogP contribution in [0.2, 0.25) is 10.0 Å². The van der Waals surface area contributed by atoms with Gasteiger partial charge in [0, 0.05) is 39.3 Å². The van der Waals surface area contributed by atoms with Crippen LogP contribution in [-0.2, 0) is 11.3 Å². The van der Waals surface area contributed by atoms with Crippen LogP contribution in [0.25, 0.3) is 11.3 Å². The maximum absolute atomic E-state index is 9.68. The molecule has 1 aromatic heterocycles. The first kappa shape index (κ1) is 39.0. The predicted molar refractivity (Wildman–Crippen MR) is 231 cm³/mol. The van der Waals surface area contributed by atoms with Crippen molar-refractivity contribution in [3.05, 3.63) is 183 Å². The molecule has 4 atom stereocenters. The lowest BCUT2D eigenvalue weighted by Crippen LogP contribution is -2.13. The van der Waals surface area contributed by atoms with E-state index >= 15 is 0 Å². The van der Waals surface area contributed by atoms with Crippen LogP contribution in [0, 0.1) is 0 Å². The molecule has 3 aliphatic carbocycles. The molecule has 1 N–H and O–H groups in total. The Morgan fingerprint density at radius 3 is 1.53 bits per heavy atom. The Balaban J connectivity index is 0.000000192. The molecule has 57 heavy (non-hydrogen) atoms. The third-order valence-electron chi connectivity index (χ3n) is 11.0. The standard InChI is InChI=1S/C31H28Cl2N2O2.C18H19NO/c32-26-12-7-13-27(33)28(26)30-25(31(37-35-30)22-14-15-22)19-36-24-17-16-23(18-24)34-29(20-8-3-1-4-9-20)21-10-5-2-6-11-21;20-17-12-11-16(13-17)19-18(14-7-3-1-4-8-14)15-9-5-2-6-10-15/h1-13,22-24H,14-19H2;1-10,16-17,20H,11-13H2/t23-,24?;16-,17+/m11/s1. The van der Waals surface area contributed by atoms with E-state index in [0.717, 1.165) is 96.4 Å². The molecule has 0 radical (unpaired) electrons. The summed E-state index contributed by atoms with van der Waals surface area (Å²) in [4.78, 5) is 10.1. The van der Waals surface area contributed by atoms with E-state index in [1.165, 1.54) is 0 Å². The van der Waals surface area contributed by atoms with E-state index in [1.807, 2.05) is 66.7 Å². The molecule has 0 bridgehead atoms. The monoisotopic (exact) mass is 795 g/mol.